The molecule has 0 radical (unpaired) electrons. The van der Waals surface area contributed by atoms with Crippen molar-refractivity contribution in [2.24, 2.45) is 7.05 Å². The highest BCUT2D eigenvalue weighted by atomic mass is 32.2. The van der Waals surface area contributed by atoms with Gasteiger partial charge in [0.25, 0.3) is 11.5 Å². The molecule has 0 saturated carbocycles. The van der Waals surface area contributed by atoms with E-state index < -0.39 is 9.84 Å². The minimum atomic E-state index is -3.33. The van der Waals surface area contributed by atoms with Gasteiger partial charge in [0.15, 0.2) is 15.7 Å². The first-order valence-corrected chi connectivity index (χ1v) is 14.6. The zero-order chi connectivity index (χ0) is 28.2. The minimum Gasteiger partial charge on any atom is -0.336 e. The highest BCUT2D eigenvalue weighted by molar-refractivity contribution is 7.90. The Hall–Kier alpha value is -4.24. The lowest BCUT2D eigenvalue weighted by Gasteiger charge is -2.15. The summed E-state index contributed by atoms with van der Waals surface area (Å²) in [6.07, 6.45) is 5.68. The van der Waals surface area contributed by atoms with Crippen molar-refractivity contribution in [3.05, 3.63) is 100.0 Å². The van der Waals surface area contributed by atoms with Gasteiger partial charge < -0.3 is 15.2 Å². The molecule has 3 aromatic carbocycles. The fourth-order valence-electron chi connectivity index (χ4n) is 4.30. The lowest BCUT2D eigenvalue weighted by molar-refractivity contribution is 0.102. The van der Waals surface area contributed by atoms with Crippen LogP contribution < -0.4 is 16.2 Å². The fraction of sp³-hybridized carbons (Fsp3) is 0.233. The van der Waals surface area contributed by atoms with E-state index in [1.165, 1.54) is 16.7 Å². The Balaban J connectivity index is 1.64. The van der Waals surface area contributed by atoms with Gasteiger partial charge in [-0.1, -0.05) is 43.7 Å². The molecule has 8 nitrogen and oxygen atoms in total. The summed E-state index contributed by atoms with van der Waals surface area (Å²) in [6.45, 7) is 4.03. The van der Waals surface area contributed by atoms with Crippen molar-refractivity contribution in [1.29, 1.82) is 0 Å². The third kappa shape index (κ3) is 6.43. The van der Waals surface area contributed by atoms with Crippen molar-refractivity contribution in [1.82, 2.24) is 9.55 Å². The number of carbonyl (C=O) groups is 1. The molecule has 0 aliphatic carbocycles. The van der Waals surface area contributed by atoms with Crippen LogP contribution in [0.4, 0.5) is 17.2 Å². The third-order valence-electron chi connectivity index (χ3n) is 6.54. The Morgan fingerprint density at radius 3 is 2.41 bits per heavy atom. The maximum atomic E-state index is 13.2. The smallest absolute Gasteiger partial charge is 0.293 e. The summed E-state index contributed by atoms with van der Waals surface area (Å²) in [5.74, 6) is -0.0731. The van der Waals surface area contributed by atoms with Crippen LogP contribution in [0.15, 0.2) is 82.6 Å². The Labute approximate surface area is 228 Å². The van der Waals surface area contributed by atoms with Crippen LogP contribution in [0.2, 0.25) is 0 Å². The van der Waals surface area contributed by atoms with Crippen LogP contribution in [0.1, 0.15) is 41.3 Å². The van der Waals surface area contributed by atoms with Crippen molar-refractivity contribution in [3.8, 4) is 11.3 Å². The van der Waals surface area contributed by atoms with E-state index in [2.05, 4.69) is 22.5 Å². The van der Waals surface area contributed by atoms with Gasteiger partial charge in [-0.25, -0.2) is 13.4 Å². The number of benzene rings is 3. The minimum absolute atomic E-state index is 0.0980. The summed E-state index contributed by atoms with van der Waals surface area (Å²) >= 11 is 0. The molecule has 0 saturated heterocycles. The van der Waals surface area contributed by atoms with E-state index in [0.717, 1.165) is 42.2 Å². The van der Waals surface area contributed by atoms with Gasteiger partial charge in [0, 0.05) is 42.0 Å². The number of amides is 1. The van der Waals surface area contributed by atoms with Crippen LogP contribution in [-0.2, 0) is 23.3 Å². The summed E-state index contributed by atoms with van der Waals surface area (Å²) in [5, 5.41) is 6.05. The highest BCUT2D eigenvalue weighted by Gasteiger charge is 2.16. The zero-order valence-corrected chi connectivity index (χ0v) is 23.3. The maximum absolute atomic E-state index is 13.2. The predicted octanol–water partition coefficient (Wildman–Crippen LogP) is 5.50. The molecule has 1 heterocycles. The highest BCUT2D eigenvalue weighted by Crippen LogP contribution is 2.28. The first kappa shape index (κ1) is 27.8. The normalized spacial score (nSPS) is 11.3. The van der Waals surface area contributed by atoms with Gasteiger partial charge in [0.05, 0.1) is 10.6 Å². The van der Waals surface area contributed by atoms with Gasteiger partial charge in [-0.15, -0.1) is 0 Å². The summed E-state index contributed by atoms with van der Waals surface area (Å²) in [6, 6.07) is 19.3. The van der Waals surface area contributed by atoms with Crippen LogP contribution in [0.3, 0.4) is 0 Å². The van der Waals surface area contributed by atoms with E-state index in [1.54, 1.807) is 25.4 Å². The number of hydrogen-bond donors (Lipinski definition) is 2. The Bertz CT molecular complexity index is 1680. The van der Waals surface area contributed by atoms with E-state index >= 15 is 0 Å². The van der Waals surface area contributed by atoms with E-state index in [0.29, 0.717) is 22.6 Å². The topological polar surface area (TPSA) is 110 Å². The molecule has 2 N–H and O–H groups in total. The Morgan fingerprint density at radius 2 is 1.72 bits per heavy atom. The van der Waals surface area contributed by atoms with Gasteiger partial charge in [-0.2, -0.15) is 0 Å². The number of anilines is 3. The lowest BCUT2D eigenvalue weighted by atomic mass is 10.0. The van der Waals surface area contributed by atoms with Crippen molar-refractivity contribution < 1.29 is 13.2 Å². The molecule has 4 aromatic rings. The van der Waals surface area contributed by atoms with Crippen molar-refractivity contribution in [2.75, 3.05) is 16.9 Å². The average Bonchev–Trinajstić information content (AvgIpc) is 2.91. The summed E-state index contributed by atoms with van der Waals surface area (Å²) in [5.41, 5.74) is 4.65. The molecule has 0 aliphatic heterocycles. The van der Waals surface area contributed by atoms with Crippen LogP contribution in [-0.4, -0.2) is 30.1 Å². The van der Waals surface area contributed by atoms with Crippen LogP contribution >= 0.6 is 0 Å². The fourth-order valence-corrected chi connectivity index (χ4v) is 4.94. The number of carbonyl (C=O) groups excluding carboxylic acids is 1. The van der Waals surface area contributed by atoms with Crippen molar-refractivity contribution >= 4 is 32.9 Å². The molecule has 0 unspecified atom stereocenters. The SMILES string of the molecule is CCCCc1ccccc1C(=O)Nc1cccc(-c2cn(C)c(=O)c(Nc3ccc(S(C)(=O)=O)cc3)n2)c1C. The number of aryl methyl sites for hydroxylation is 2. The summed E-state index contributed by atoms with van der Waals surface area (Å²) in [7, 11) is -1.69. The van der Waals surface area contributed by atoms with E-state index in [4.69, 9.17) is 0 Å². The number of nitrogens with zero attached hydrogens (tertiary/aromatic N) is 2. The molecule has 0 atom stereocenters. The molecular formula is C30H32N4O4S. The summed E-state index contributed by atoms with van der Waals surface area (Å²) < 4.78 is 24.9. The molecule has 0 bridgehead atoms. The standard InChI is InChI=1S/C30H32N4O4S/c1-5-6-10-21-11-7-8-12-25(21)29(35)33-26-14-9-13-24(20(26)2)27-19-34(3)30(36)28(32-27)31-22-15-17-23(18-16-22)39(4,37)38/h7-9,11-19H,5-6,10H2,1-4H3,(H,31,32)(H,33,35). The molecule has 1 amide bonds. The first-order valence-electron chi connectivity index (χ1n) is 12.7. The number of rotatable bonds is 9. The van der Waals surface area contributed by atoms with Crippen molar-refractivity contribution in [3.63, 3.8) is 0 Å². The van der Waals surface area contributed by atoms with Crippen molar-refractivity contribution in [2.45, 2.75) is 38.0 Å². The second kappa shape index (κ2) is 11.7. The molecule has 0 fully saturated rings. The second-order valence-electron chi connectivity index (χ2n) is 9.51. The van der Waals surface area contributed by atoms with E-state index in [9.17, 15) is 18.0 Å². The maximum Gasteiger partial charge on any atom is 0.293 e. The molecule has 202 valence electrons. The first-order chi connectivity index (χ1) is 18.6. The van der Waals surface area contributed by atoms with Gasteiger partial charge >= 0.3 is 0 Å². The molecule has 0 aliphatic rings. The molecular weight excluding hydrogens is 512 g/mol. The van der Waals surface area contributed by atoms with Gasteiger partial charge in [0.1, 0.15) is 0 Å². The summed E-state index contributed by atoms with van der Waals surface area (Å²) in [4.78, 5) is 30.8. The molecule has 39 heavy (non-hydrogen) atoms. The van der Waals surface area contributed by atoms with Gasteiger partial charge in [-0.05, 0) is 67.3 Å². The quantitative estimate of drug-likeness (QED) is 0.288. The predicted molar refractivity (Wildman–Crippen MR) is 155 cm³/mol. The number of hydrogen-bond acceptors (Lipinski definition) is 6. The van der Waals surface area contributed by atoms with Gasteiger partial charge in [0.2, 0.25) is 0 Å². The number of unbranched alkanes of at least 4 members (excludes halogenated alkanes) is 1. The Morgan fingerprint density at radius 1 is 1.00 bits per heavy atom. The second-order valence-corrected chi connectivity index (χ2v) is 11.5. The van der Waals surface area contributed by atoms with E-state index in [1.807, 2.05) is 49.4 Å². The molecule has 0 spiro atoms. The van der Waals surface area contributed by atoms with Crippen LogP contribution in [0, 0.1) is 6.92 Å². The monoisotopic (exact) mass is 544 g/mol. The van der Waals surface area contributed by atoms with Crippen LogP contribution in [0.5, 0.6) is 0 Å². The third-order valence-corrected chi connectivity index (χ3v) is 7.66. The molecule has 4 rings (SSSR count). The number of nitrogens with one attached hydrogen (secondary N) is 2. The largest absolute Gasteiger partial charge is 0.336 e. The number of aromatic nitrogens is 2. The van der Waals surface area contributed by atoms with E-state index in [-0.39, 0.29) is 22.2 Å². The average molecular weight is 545 g/mol. The Kier molecular flexibility index (Phi) is 8.30. The zero-order valence-electron chi connectivity index (χ0n) is 22.5. The molecule has 9 heteroatoms. The van der Waals surface area contributed by atoms with Gasteiger partial charge in [-0.3, -0.25) is 9.59 Å². The van der Waals surface area contributed by atoms with Crippen LogP contribution in [0.25, 0.3) is 11.3 Å². The lowest BCUT2D eigenvalue weighted by Crippen LogP contribution is -2.21. The number of sulfone groups is 1. The molecule has 1 aromatic heterocycles.